The lowest BCUT2D eigenvalue weighted by Gasteiger charge is -2.40. The fourth-order valence-electron chi connectivity index (χ4n) is 4.55. The predicted octanol–water partition coefficient (Wildman–Crippen LogP) is 2.34. The lowest BCUT2D eigenvalue weighted by molar-refractivity contribution is -0.0299. The second-order valence-electron chi connectivity index (χ2n) is 8.28. The van der Waals surface area contributed by atoms with Gasteiger partial charge in [0.1, 0.15) is 6.07 Å². The number of pyridine rings is 1. The number of likely N-dealkylation sites (N-methyl/N-ethyl adjacent to an activating group) is 1. The molecule has 2 aliphatic rings. The summed E-state index contributed by atoms with van der Waals surface area (Å²) in [7, 11) is 4.33. The fraction of sp³-hybridized carbons (Fsp3) is 0.545. The minimum Gasteiger partial charge on any atom is -0.370 e. The first-order valence-electron chi connectivity index (χ1n) is 10.1. The van der Waals surface area contributed by atoms with E-state index in [0.29, 0.717) is 11.6 Å². The van der Waals surface area contributed by atoms with E-state index in [4.69, 9.17) is 4.74 Å². The van der Waals surface area contributed by atoms with Gasteiger partial charge in [0, 0.05) is 49.5 Å². The van der Waals surface area contributed by atoms with Gasteiger partial charge >= 0.3 is 0 Å². The van der Waals surface area contributed by atoms with Crippen LogP contribution in [0.15, 0.2) is 30.5 Å². The number of hydrogen-bond donors (Lipinski definition) is 0. The molecular formula is C22H29N5O. The van der Waals surface area contributed by atoms with Crippen LogP contribution in [0.1, 0.15) is 18.9 Å². The molecule has 1 aromatic heterocycles. The number of morpholine rings is 1. The highest BCUT2D eigenvalue weighted by molar-refractivity contribution is 5.95. The van der Waals surface area contributed by atoms with Gasteiger partial charge in [0.25, 0.3) is 0 Å². The molecule has 0 aliphatic carbocycles. The largest absolute Gasteiger partial charge is 0.370 e. The maximum atomic E-state index is 9.41. The number of likely N-dealkylation sites (tertiary alicyclic amines) is 1. The number of nitrogens with zero attached hydrogens (tertiary/aromatic N) is 5. The van der Waals surface area contributed by atoms with Crippen LogP contribution in [0.5, 0.6) is 0 Å². The Hall–Kier alpha value is -2.20. The van der Waals surface area contributed by atoms with Crippen molar-refractivity contribution in [3.63, 3.8) is 0 Å². The van der Waals surface area contributed by atoms with Gasteiger partial charge in [-0.25, -0.2) is 0 Å². The van der Waals surface area contributed by atoms with E-state index in [9.17, 15) is 5.26 Å². The van der Waals surface area contributed by atoms with Gasteiger partial charge in [-0.3, -0.25) is 9.88 Å². The maximum absolute atomic E-state index is 9.41. The zero-order valence-electron chi connectivity index (χ0n) is 17.0. The molecule has 0 radical (unpaired) electrons. The molecule has 0 saturated carbocycles. The summed E-state index contributed by atoms with van der Waals surface area (Å²) in [5.74, 6) is 0. The maximum Gasteiger partial charge on any atom is 0.101 e. The van der Waals surface area contributed by atoms with Gasteiger partial charge in [-0.2, -0.15) is 5.26 Å². The van der Waals surface area contributed by atoms with E-state index in [-0.39, 0.29) is 12.2 Å². The van der Waals surface area contributed by atoms with Gasteiger partial charge in [-0.15, -0.1) is 0 Å². The van der Waals surface area contributed by atoms with E-state index >= 15 is 0 Å². The van der Waals surface area contributed by atoms with Crippen molar-refractivity contribution in [2.75, 3.05) is 51.7 Å². The first kappa shape index (κ1) is 19.1. The molecule has 0 spiro atoms. The molecule has 0 N–H and O–H groups in total. The first-order chi connectivity index (χ1) is 13.5. The number of benzene rings is 1. The third kappa shape index (κ3) is 3.83. The van der Waals surface area contributed by atoms with E-state index in [2.05, 4.69) is 58.9 Å². The van der Waals surface area contributed by atoms with Crippen LogP contribution >= 0.6 is 0 Å². The van der Waals surface area contributed by atoms with Crippen molar-refractivity contribution in [1.29, 1.82) is 5.26 Å². The number of ether oxygens (including phenoxy) is 1. The minimum atomic E-state index is 0.174. The van der Waals surface area contributed by atoms with Crippen molar-refractivity contribution in [3.05, 3.63) is 36.0 Å². The number of rotatable bonds is 4. The molecule has 0 bridgehead atoms. The van der Waals surface area contributed by atoms with Gasteiger partial charge in [0.05, 0.1) is 23.3 Å². The van der Waals surface area contributed by atoms with Crippen molar-refractivity contribution < 1.29 is 4.74 Å². The van der Waals surface area contributed by atoms with Crippen molar-refractivity contribution in [2.45, 2.75) is 31.6 Å². The molecule has 3 heterocycles. The minimum absolute atomic E-state index is 0.174. The summed E-state index contributed by atoms with van der Waals surface area (Å²) in [6, 6.07) is 10.9. The Kier molecular flexibility index (Phi) is 5.49. The van der Waals surface area contributed by atoms with Crippen LogP contribution in [0.25, 0.3) is 10.9 Å². The van der Waals surface area contributed by atoms with Crippen LogP contribution in [0.2, 0.25) is 0 Å². The normalized spacial score (nSPS) is 26.1. The molecule has 148 valence electrons. The summed E-state index contributed by atoms with van der Waals surface area (Å²) in [5, 5.41) is 10.5. The Morgan fingerprint density at radius 1 is 1.25 bits per heavy atom. The summed E-state index contributed by atoms with van der Waals surface area (Å²) < 4.78 is 6.29. The molecule has 1 aromatic carbocycles. The number of fused-ring (bicyclic) bond motifs is 1. The second-order valence-corrected chi connectivity index (χ2v) is 8.28. The predicted molar refractivity (Wildman–Crippen MR) is 112 cm³/mol. The Labute approximate surface area is 167 Å². The van der Waals surface area contributed by atoms with Crippen molar-refractivity contribution >= 4 is 16.6 Å². The van der Waals surface area contributed by atoms with E-state index in [1.165, 1.54) is 6.42 Å². The monoisotopic (exact) mass is 379 g/mol. The van der Waals surface area contributed by atoms with E-state index < -0.39 is 0 Å². The van der Waals surface area contributed by atoms with Crippen molar-refractivity contribution in [2.24, 2.45) is 0 Å². The zero-order chi connectivity index (χ0) is 19.7. The SMILES string of the molecule is C[C@@H]1CN(c2ccc(C#N)c3ncccc23)C[C@H](CN2CC[C@@H](N(C)C)C2)O1. The topological polar surface area (TPSA) is 55.6 Å². The summed E-state index contributed by atoms with van der Waals surface area (Å²) >= 11 is 0. The number of hydrogen-bond acceptors (Lipinski definition) is 6. The van der Waals surface area contributed by atoms with Crippen LogP contribution in [0, 0.1) is 11.3 Å². The lowest BCUT2D eigenvalue weighted by atomic mass is 10.1. The molecule has 6 heteroatoms. The second kappa shape index (κ2) is 8.04. The van der Waals surface area contributed by atoms with E-state index in [1.807, 2.05) is 12.1 Å². The molecule has 0 unspecified atom stereocenters. The average molecular weight is 380 g/mol. The Bertz CT molecular complexity index is 877. The fourth-order valence-corrected chi connectivity index (χ4v) is 4.55. The average Bonchev–Trinajstić information content (AvgIpc) is 3.15. The molecule has 2 aliphatic heterocycles. The standard InChI is InChI=1S/C22H29N5O/c1-16-12-27(15-19(28-16)14-26-10-8-18(13-26)25(2)3)21-7-6-17(11-23)22-20(21)5-4-9-24-22/h4-7,9,16,18-19H,8,10,12-15H2,1-3H3/t16-,18-,19+/m1/s1. The van der Waals surface area contributed by atoms with Gasteiger partial charge in [0.15, 0.2) is 0 Å². The van der Waals surface area contributed by atoms with Crippen LogP contribution in [0.3, 0.4) is 0 Å². The molecule has 2 saturated heterocycles. The van der Waals surface area contributed by atoms with E-state index in [0.717, 1.165) is 49.3 Å². The van der Waals surface area contributed by atoms with Gasteiger partial charge in [-0.05, 0) is 58.3 Å². The molecule has 0 amide bonds. The van der Waals surface area contributed by atoms with Crippen LogP contribution in [0.4, 0.5) is 5.69 Å². The summed E-state index contributed by atoms with van der Waals surface area (Å²) in [6.07, 6.45) is 3.34. The van der Waals surface area contributed by atoms with Crippen molar-refractivity contribution in [1.82, 2.24) is 14.8 Å². The molecule has 6 nitrogen and oxygen atoms in total. The molecule has 4 rings (SSSR count). The molecular weight excluding hydrogens is 350 g/mol. The molecule has 2 fully saturated rings. The smallest absolute Gasteiger partial charge is 0.101 e. The Morgan fingerprint density at radius 3 is 2.86 bits per heavy atom. The summed E-state index contributed by atoms with van der Waals surface area (Å²) in [4.78, 5) is 11.7. The van der Waals surface area contributed by atoms with Crippen LogP contribution in [-0.2, 0) is 4.74 Å². The third-order valence-corrected chi connectivity index (χ3v) is 5.97. The number of aromatic nitrogens is 1. The highest BCUT2D eigenvalue weighted by Crippen LogP contribution is 2.30. The zero-order valence-corrected chi connectivity index (χ0v) is 17.0. The van der Waals surface area contributed by atoms with Crippen LogP contribution in [-0.4, -0.2) is 79.9 Å². The highest BCUT2D eigenvalue weighted by Gasteiger charge is 2.31. The molecule has 28 heavy (non-hydrogen) atoms. The van der Waals surface area contributed by atoms with Crippen LogP contribution < -0.4 is 4.90 Å². The van der Waals surface area contributed by atoms with Crippen molar-refractivity contribution in [3.8, 4) is 6.07 Å². The van der Waals surface area contributed by atoms with E-state index in [1.54, 1.807) is 6.20 Å². The van der Waals surface area contributed by atoms with Gasteiger partial charge in [-0.1, -0.05) is 0 Å². The quantitative estimate of drug-likeness (QED) is 0.813. The first-order valence-corrected chi connectivity index (χ1v) is 10.1. The Morgan fingerprint density at radius 2 is 2.11 bits per heavy atom. The molecule has 3 atom stereocenters. The third-order valence-electron chi connectivity index (χ3n) is 5.97. The number of anilines is 1. The highest BCUT2D eigenvalue weighted by atomic mass is 16.5. The van der Waals surface area contributed by atoms with Gasteiger partial charge < -0.3 is 14.5 Å². The lowest BCUT2D eigenvalue weighted by Crippen LogP contribution is -2.50. The Balaban J connectivity index is 1.53. The summed E-state index contributed by atoms with van der Waals surface area (Å²) in [5.41, 5.74) is 2.56. The van der Waals surface area contributed by atoms with Gasteiger partial charge in [0.2, 0.25) is 0 Å². The number of nitriles is 1. The summed E-state index contributed by atoms with van der Waals surface area (Å²) in [6.45, 7) is 7.09. The molecule has 2 aromatic rings.